The van der Waals surface area contributed by atoms with Gasteiger partial charge in [-0.05, 0) is 31.0 Å². The van der Waals surface area contributed by atoms with E-state index in [0.29, 0.717) is 60.8 Å². The van der Waals surface area contributed by atoms with E-state index in [-0.39, 0.29) is 11.8 Å². The van der Waals surface area contributed by atoms with Gasteiger partial charge in [0.05, 0.1) is 0 Å². The Morgan fingerprint density at radius 1 is 1.19 bits per heavy atom. The average molecular weight is 422 g/mol. The van der Waals surface area contributed by atoms with Crippen LogP contribution in [-0.2, 0) is 4.79 Å². The Morgan fingerprint density at radius 2 is 1.90 bits per heavy atom. The van der Waals surface area contributed by atoms with Crippen LogP contribution in [0.5, 0.6) is 0 Å². The largest absolute Gasteiger partial charge is 0.423 e. The molecule has 2 fully saturated rings. The standard InChI is InChI=1S/C23H27N5O3/c1-23(2,3)22(30)25-17-6-4-5-16(13-17)20(29)27-9-11-28(12-10-27)21-18(14-24)26-19(31-21)15-7-8-15/h4-6,13,15H,7-12H2,1-3H3,(H,25,30). The molecule has 1 saturated heterocycles. The van der Waals surface area contributed by atoms with Crippen molar-refractivity contribution in [3.05, 3.63) is 41.4 Å². The summed E-state index contributed by atoms with van der Waals surface area (Å²) in [5.74, 6) is 1.33. The van der Waals surface area contributed by atoms with Crippen LogP contribution in [0, 0.1) is 16.7 Å². The van der Waals surface area contributed by atoms with Crippen LogP contribution in [0.15, 0.2) is 28.7 Å². The van der Waals surface area contributed by atoms with Crippen molar-refractivity contribution in [2.24, 2.45) is 5.41 Å². The summed E-state index contributed by atoms with van der Waals surface area (Å²) in [4.78, 5) is 33.4. The zero-order valence-electron chi connectivity index (χ0n) is 18.1. The highest BCUT2D eigenvalue weighted by Crippen LogP contribution is 2.41. The van der Waals surface area contributed by atoms with E-state index < -0.39 is 5.41 Å². The SMILES string of the molecule is CC(C)(C)C(=O)Nc1cccc(C(=O)N2CCN(c3oc(C4CC4)nc3C#N)CC2)c1. The van der Waals surface area contributed by atoms with Gasteiger partial charge in [-0.2, -0.15) is 5.26 Å². The lowest BCUT2D eigenvalue weighted by Crippen LogP contribution is -2.48. The average Bonchev–Trinajstić information content (AvgIpc) is 3.51. The number of aromatic nitrogens is 1. The Morgan fingerprint density at radius 3 is 2.52 bits per heavy atom. The van der Waals surface area contributed by atoms with Gasteiger partial charge in [-0.15, -0.1) is 0 Å². The number of nitrogens with zero attached hydrogens (tertiary/aromatic N) is 4. The van der Waals surface area contributed by atoms with Crippen molar-refractivity contribution in [1.29, 1.82) is 5.26 Å². The van der Waals surface area contributed by atoms with E-state index in [1.165, 1.54) is 0 Å². The van der Waals surface area contributed by atoms with Gasteiger partial charge in [0.15, 0.2) is 0 Å². The second-order valence-electron chi connectivity index (χ2n) is 9.16. The first-order valence-corrected chi connectivity index (χ1v) is 10.6. The second-order valence-corrected chi connectivity index (χ2v) is 9.16. The maximum absolute atomic E-state index is 13.0. The van der Waals surface area contributed by atoms with E-state index in [2.05, 4.69) is 16.4 Å². The maximum atomic E-state index is 13.0. The lowest BCUT2D eigenvalue weighted by atomic mass is 9.95. The summed E-state index contributed by atoms with van der Waals surface area (Å²) >= 11 is 0. The first-order chi connectivity index (χ1) is 14.8. The van der Waals surface area contributed by atoms with E-state index in [1.54, 1.807) is 29.2 Å². The van der Waals surface area contributed by atoms with E-state index in [1.807, 2.05) is 25.7 Å². The number of oxazole rings is 1. The number of nitrogens with one attached hydrogen (secondary N) is 1. The number of nitriles is 1. The third-order valence-electron chi connectivity index (χ3n) is 5.56. The molecule has 1 N–H and O–H groups in total. The van der Waals surface area contributed by atoms with Crippen LogP contribution in [0.25, 0.3) is 0 Å². The lowest BCUT2D eigenvalue weighted by Gasteiger charge is -2.34. The topological polar surface area (TPSA) is 102 Å². The summed E-state index contributed by atoms with van der Waals surface area (Å²) in [6.07, 6.45) is 2.12. The van der Waals surface area contributed by atoms with Gasteiger partial charge in [-0.3, -0.25) is 9.59 Å². The predicted octanol–water partition coefficient (Wildman–Crippen LogP) is 3.37. The fourth-order valence-corrected chi connectivity index (χ4v) is 3.46. The molecule has 1 saturated carbocycles. The minimum absolute atomic E-state index is 0.0803. The summed E-state index contributed by atoms with van der Waals surface area (Å²) < 4.78 is 5.88. The zero-order chi connectivity index (χ0) is 22.2. The van der Waals surface area contributed by atoms with Gasteiger partial charge in [0.1, 0.15) is 6.07 Å². The number of rotatable bonds is 4. The van der Waals surface area contributed by atoms with Gasteiger partial charge in [-0.25, -0.2) is 4.98 Å². The molecular formula is C23H27N5O3. The van der Waals surface area contributed by atoms with Crippen LogP contribution in [0.2, 0.25) is 0 Å². The van der Waals surface area contributed by atoms with E-state index >= 15 is 0 Å². The fraction of sp³-hybridized carbons (Fsp3) is 0.478. The molecule has 31 heavy (non-hydrogen) atoms. The van der Waals surface area contributed by atoms with Crippen LogP contribution in [0.3, 0.4) is 0 Å². The van der Waals surface area contributed by atoms with Crippen LogP contribution < -0.4 is 10.2 Å². The van der Waals surface area contributed by atoms with Gasteiger partial charge in [0.25, 0.3) is 5.91 Å². The molecule has 2 heterocycles. The molecule has 8 nitrogen and oxygen atoms in total. The molecule has 0 unspecified atom stereocenters. The van der Waals surface area contributed by atoms with Crippen molar-refractivity contribution in [3.8, 4) is 6.07 Å². The molecule has 0 radical (unpaired) electrons. The number of piperazine rings is 1. The highest BCUT2D eigenvalue weighted by Gasteiger charge is 2.33. The Labute approximate surface area is 181 Å². The molecule has 2 aliphatic rings. The molecule has 1 aromatic carbocycles. The van der Waals surface area contributed by atoms with E-state index in [0.717, 1.165) is 12.8 Å². The second kappa shape index (κ2) is 8.06. The lowest BCUT2D eigenvalue weighted by molar-refractivity contribution is -0.123. The zero-order valence-corrected chi connectivity index (χ0v) is 18.1. The predicted molar refractivity (Wildman–Crippen MR) is 116 cm³/mol. The number of benzene rings is 1. The summed E-state index contributed by atoms with van der Waals surface area (Å²) in [6, 6.07) is 9.15. The highest BCUT2D eigenvalue weighted by molar-refractivity contribution is 5.98. The van der Waals surface area contributed by atoms with Crippen molar-refractivity contribution in [2.45, 2.75) is 39.5 Å². The number of carbonyl (C=O) groups is 2. The molecule has 8 heteroatoms. The minimum atomic E-state index is -0.515. The van der Waals surface area contributed by atoms with E-state index in [9.17, 15) is 14.9 Å². The van der Waals surface area contributed by atoms with Gasteiger partial charge < -0.3 is 19.5 Å². The fourth-order valence-electron chi connectivity index (χ4n) is 3.46. The summed E-state index contributed by atoms with van der Waals surface area (Å²) in [7, 11) is 0. The maximum Gasteiger partial charge on any atom is 0.254 e. The normalized spacial score (nSPS) is 16.7. The third-order valence-corrected chi connectivity index (χ3v) is 5.56. The Hall–Kier alpha value is -3.34. The number of hydrogen-bond donors (Lipinski definition) is 1. The van der Waals surface area contributed by atoms with Crippen LogP contribution in [-0.4, -0.2) is 47.9 Å². The van der Waals surface area contributed by atoms with Gasteiger partial charge in [0.2, 0.25) is 23.4 Å². The van der Waals surface area contributed by atoms with E-state index in [4.69, 9.17) is 4.42 Å². The summed E-state index contributed by atoms with van der Waals surface area (Å²) in [5, 5.41) is 12.3. The van der Waals surface area contributed by atoms with Crippen molar-refractivity contribution in [3.63, 3.8) is 0 Å². The van der Waals surface area contributed by atoms with Crippen molar-refractivity contribution in [1.82, 2.24) is 9.88 Å². The summed E-state index contributed by atoms with van der Waals surface area (Å²) in [6.45, 7) is 7.70. The first-order valence-electron chi connectivity index (χ1n) is 10.6. The number of carbonyl (C=O) groups excluding carboxylic acids is 2. The molecule has 4 rings (SSSR count). The Kier molecular flexibility index (Phi) is 5.44. The number of amides is 2. The molecule has 2 amide bonds. The molecular weight excluding hydrogens is 394 g/mol. The first kappa shape index (κ1) is 20.9. The molecule has 2 aromatic rings. The Bertz CT molecular complexity index is 1030. The summed E-state index contributed by atoms with van der Waals surface area (Å²) in [5.41, 5.74) is 0.952. The number of hydrogen-bond acceptors (Lipinski definition) is 6. The minimum Gasteiger partial charge on any atom is -0.423 e. The van der Waals surface area contributed by atoms with Gasteiger partial charge in [0, 0.05) is 48.8 Å². The van der Waals surface area contributed by atoms with Crippen molar-refractivity contribution >= 4 is 23.4 Å². The molecule has 0 spiro atoms. The van der Waals surface area contributed by atoms with Crippen LogP contribution in [0.1, 0.15) is 61.5 Å². The smallest absolute Gasteiger partial charge is 0.254 e. The van der Waals surface area contributed by atoms with Crippen molar-refractivity contribution in [2.75, 3.05) is 36.4 Å². The molecule has 162 valence electrons. The third kappa shape index (κ3) is 4.55. The molecule has 1 aromatic heterocycles. The number of anilines is 2. The monoisotopic (exact) mass is 421 g/mol. The molecule has 1 aliphatic heterocycles. The van der Waals surface area contributed by atoms with Gasteiger partial charge >= 0.3 is 0 Å². The molecule has 0 bridgehead atoms. The van der Waals surface area contributed by atoms with Gasteiger partial charge in [-0.1, -0.05) is 26.8 Å². The quantitative estimate of drug-likeness (QED) is 0.812. The van der Waals surface area contributed by atoms with Crippen LogP contribution in [0.4, 0.5) is 11.6 Å². The van der Waals surface area contributed by atoms with Crippen molar-refractivity contribution < 1.29 is 14.0 Å². The van der Waals surface area contributed by atoms with Crippen LogP contribution >= 0.6 is 0 Å². The molecule has 1 aliphatic carbocycles. The Balaban J connectivity index is 1.40. The highest BCUT2D eigenvalue weighted by atomic mass is 16.4. The molecule has 0 atom stereocenters.